The standard InChI is InChI=1S/C8H12N2O2S/c1-5-7(8(11)10-13-5)6-4-12-3-2-9-6/h6,9H,2-4H2,1H3,(H,10,11). The van der Waals surface area contributed by atoms with E-state index in [0.717, 1.165) is 23.6 Å². The van der Waals surface area contributed by atoms with Crippen LogP contribution in [0.3, 0.4) is 0 Å². The van der Waals surface area contributed by atoms with E-state index in [4.69, 9.17) is 4.74 Å². The molecule has 0 saturated carbocycles. The lowest BCUT2D eigenvalue weighted by Crippen LogP contribution is -2.37. The van der Waals surface area contributed by atoms with E-state index in [2.05, 4.69) is 9.69 Å². The van der Waals surface area contributed by atoms with Crippen LogP contribution in [0.2, 0.25) is 0 Å². The lowest BCUT2D eigenvalue weighted by Gasteiger charge is -2.22. The van der Waals surface area contributed by atoms with Gasteiger partial charge in [-0.3, -0.25) is 9.17 Å². The molecule has 13 heavy (non-hydrogen) atoms. The fourth-order valence-electron chi connectivity index (χ4n) is 1.55. The first-order valence-electron chi connectivity index (χ1n) is 4.28. The predicted molar refractivity (Wildman–Crippen MR) is 51.2 cm³/mol. The highest BCUT2D eigenvalue weighted by atomic mass is 32.1. The summed E-state index contributed by atoms with van der Waals surface area (Å²) in [5.41, 5.74) is 0.857. The van der Waals surface area contributed by atoms with Gasteiger partial charge in [0.1, 0.15) is 0 Å². The van der Waals surface area contributed by atoms with E-state index in [1.165, 1.54) is 11.5 Å². The fraction of sp³-hybridized carbons (Fsp3) is 0.625. The second-order valence-corrected chi connectivity index (χ2v) is 4.11. The molecule has 5 heteroatoms. The van der Waals surface area contributed by atoms with E-state index in [-0.39, 0.29) is 11.6 Å². The van der Waals surface area contributed by atoms with E-state index in [9.17, 15) is 4.79 Å². The summed E-state index contributed by atoms with van der Waals surface area (Å²) in [5, 5.41) is 3.26. The molecule has 1 saturated heterocycles. The van der Waals surface area contributed by atoms with Crippen molar-refractivity contribution in [3.63, 3.8) is 0 Å². The van der Waals surface area contributed by atoms with Gasteiger partial charge in [-0.25, -0.2) is 0 Å². The van der Waals surface area contributed by atoms with Gasteiger partial charge in [-0.15, -0.1) is 0 Å². The number of H-pyrrole nitrogens is 1. The van der Waals surface area contributed by atoms with Gasteiger partial charge in [0.15, 0.2) is 0 Å². The van der Waals surface area contributed by atoms with E-state index >= 15 is 0 Å². The van der Waals surface area contributed by atoms with E-state index < -0.39 is 0 Å². The van der Waals surface area contributed by atoms with Gasteiger partial charge in [-0.1, -0.05) is 11.5 Å². The number of hydrogen-bond donors (Lipinski definition) is 2. The van der Waals surface area contributed by atoms with Crippen LogP contribution in [0.5, 0.6) is 0 Å². The van der Waals surface area contributed by atoms with Crippen LogP contribution in [-0.2, 0) is 4.74 Å². The minimum absolute atomic E-state index is 0.0190. The molecule has 0 aromatic carbocycles. The molecule has 0 radical (unpaired) electrons. The van der Waals surface area contributed by atoms with Crippen molar-refractivity contribution in [1.29, 1.82) is 0 Å². The van der Waals surface area contributed by atoms with Gasteiger partial charge in [0.05, 0.1) is 24.8 Å². The Balaban J connectivity index is 2.27. The highest BCUT2D eigenvalue weighted by Gasteiger charge is 2.21. The van der Waals surface area contributed by atoms with Crippen LogP contribution in [-0.4, -0.2) is 24.1 Å². The Bertz CT molecular complexity index is 338. The summed E-state index contributed by atoms with van der Waals surface area (Å²) in [6.07, 6.45) is 0. The van der Waals surface area contributed by atoms with Crippen LogP contribution in [0.15, 0.2) is 4.79 Å². The van der Waals surface area contributed by atoms with Crippen LogP contribution in [0.4, 0.5) is 0 Å². The third kappa shape index (κ3) is 1.67. The molecule has 1 aromatic heterocycles. The number of aromatic nitrogens is 1. The lowest BCUT2D eigenvalue weighted by atomic mass is 10.1. The zero-order valence-corrected chi connectivity index (χ0v) is 8.24. The quantitative estimate of drug-likeness (QED) is 0.690. The Hall–Kier alpha value is -0.650. The van der Waals surface area contributed by atoms with Crippen LogP contribution in [0.1, 0.15) is 16.5 Å². The molecular weight excluding hydrogens is 188 g/mol. The Morgan fingerprint density at radius 3 is 3.00 bits per heavy atom. The fourth-order valence-corrected chi connectivity index (χ4v) is 2.25. The van der Waals surface area contributed by atoms with Crippen molar-refractivity contribution in [1.82, 2.24) is 9.69 Å². The summed E-state index contributed by atoms with van der Waals surface area (Å²) in [7, 11) is 0. The lowest BCUT2D eigenvalue weighted by molar-refractivity contribution is 0.0765. The van der Waals surface area contributed by atoms with Gasteiger partial charge in [0.25, 0.3) is 5.56 Å². The number of hydrogen-bond acceptors (Lipinski definition) is 4. The van der Waals surface area contributed by atoms with Crippen LogP contribution in [0, 0.1) is 6.92 Å². The predicted octanol–water partition coefficient (Wildman–Crippen LogP) is 0.406. The number of aryl methyl sites for hydroxylation is 1. The number of nitrogens with one attached hydrogen (secondary N) is 2. The average molecular weight is 200 g/mol. The zero-order valence-electron chi connectivity index (χ0n) is 7.42. The van der Waals surface area contributed by atoms with Crippen LogP contribution < -0.4 is 10.9 Å². The molecule has 1 aliphatic rings. The maximum atomic E-state index is 11.4. The van der Waals surface area contributed by atoms with Crippen molar-refractivity contribution < 1.29 is 4.74 Å². The number of aromatic amines is 1. The van der Waals surface area contributed by atoms with Crippen molar-refractivity contribution in [3.8, 4) is 0 Å². The first kappa shape index (κ1) is 8.93. The molecule has 0 spiro atoms. The summed E-state index contributed by atoms with van der Waals surface area (Å²) in [4.78, 5) is 12.4. The Kier molecular flexibility index (Phi) is 2.48. The van der Waals surface area contributed by atoms with Gasteiger partial charge in [-0.05, 0) is 6.92 Å². The highest BCUT2D eigenvalue weighted by molar-refractivity contribution is 7.05. The second kappa shape index (κ2) is 3.61. The molecule has 1 aromatic rings. The maximum Gasteiger partial charge on any atom is 0.263 e. The molecule has 2 heterocycles. The monoisotopic (exact) mass is 200 g/mol. The second-order valence-electron chi connectivity index (χ2n) is 3.08. The van der Waals surface area contributed by atoms with Gasteiger partial charge >= 0.3 is 0 Å². The molecule has 72 valence electrons. The molecule has 1 aliphatic heterocycles. The summed E-state index contributed by atoms with van der Waals surface area (Å²) in [6, 6.07) is 0.0729. The summed E-state index contributed by atoms with van der Waals surface area (Å²) < 4.78 is 8.03. The third-order valence-electron chi connectivity index (χ3n) is 2.19. The Morgan fingerprint density at radius 2 is 2.46 bits per heavy atom. The third-order valence-corrected chi connectivity index (χ3v) is 3.00. The van der Waals surface area contributed by atoms with Gasteiger partial charge in [-0.2, -0.15) is 0 Å². The number of ether oxygens (including phenoxy) is 1. The molecule has 4 nitrogen and oxygen atoms in total. The van der Waals surface area contributed by atoms with Gasteiger partial charge in [0.2, 0.25) is 0 Å². The number of morpholine rings is 1. The molecular formula is C8H12N2O2S. The van der Waals surface area contributed by atoms with Crippen molar-refractivity contribution in [2.75, 3.05) is 19.8 Å². The zero-order chi connectivity index (χ0) is 9.26. The van der Waals surface area contributed by atoms with Gasteiger partial charge in [0, 0.05) is 11.4 Å². The largest absolute Gasteiger partial charge is 0.378 e. The van der Waals surface area contributed by atoms with E-state index in [1.807, 2.05) is 6.92 Å². The number of rotatable bonds is 1. The van der Waals surface area contributed by atoms with E-state index in [1.54, 1.807) is 0 Å². The van der Waals surface area contributed by atoms with Crippen molar-refractivity contribution in [3.05, 3.63) is 20.8 Å². The molecule has 1 atom stereocenters. The molecule has 1 unspecified atom stereocenters. The Labute approximate surface area is 80.1 Å². The molecule has 2 N–H and O–H groups in total. The van der Waals surface area contributed by atoms with Crippen molar-refractivity contribution in [2.45, 2.75) is 13.0 Å². The van der Waals surface area contributed by atoms with Crippen molar-refractivity contribution in [2.24, 2.45) is 0 Å². The highest BCUT2D eigenvalue weighted by Crippen LogP contribution is 2.17. The first-order chi connectivity index (χ1) is 6.29. The van der Waals surface area contributed by atoms with Crippen LogP contribution >= 0.6 is 11.5 Å². The minimum Gasteiger partial charge on any atom is -0.378 e. The molecule has 0 bridgehead atoms. The summed E-state index contributed by atoms with van der Waals surface area (Å²) in [5.74, 6) is 0. The SMILES string of the molecule is Cc1s[nH]c(=O)c1C1COCCN1. The molecule has 0 aliphatic carbocycles. The van der Waals surface area contributed by atoms with E-state index in [0.29, 0.717) is 6.61 Å². The summed E-state index contributed by atoms with van der Waals surface area (Å²) in [6.45, 7) is 4.10. The van der Waals surface area contributed by atoms with Crippen LogP contribution in [0.25, 0.3) is 0 Å². The minimum atomic E-state index is 0.0190. The molecule has 2 rings (SSSR count). The molecule has 0 amide bonds. The van der Waals surface area contributed by atoms with Crippen molar-refractivity contribution >= 4 is 11.5 Å². The Morgan fingerprint density at radius 1 is 1.62 bits per heavy atom. The smallest absolute Gasteiger partial charge is 0.263 e. The maximum absolute atomic E-state index is 11.4. The van der Waals surface area contributed by atoms with Gasteiger partial charge < -0.3 is 10.1 Å². The first-order valence-corrected chi connectivity index (χ1v) is 5.10. The average Bonchev–Trinajstić information content (AvgIpc) is 2.48. The normalized spacial score (nSPS) is 23.3. The topological polar surface area (TPSA) is 54.1 Å². The molecule has 1 fully saturated rings. The summed E-state index contributed by atoms with van der Waals surface area (Å²) >= 11 is 1.39.